The maximum atomic E-state index is 12.1. The Morgan fingerprint density at radius 1 is 0.864 bits per heavy atom. The van der Waals surface area contributed by atoms with E-state index in [1.807, 2.05) is 18.7 Å². The molecule has 132 valence electrons. The maximum Gasteiger partial charge on any atom is 0.225 e. The molecule has 0 rings (SSSR count). The van der Waals surface area contributed by atoms with Gasteiger partial charge in [0.25, 0.3) is 0 Å². The first-order valence-corrected chi connectivity index (χ1v) is 9.41. The van der Waals surface area contributed by atoms with E-state index in [-0.39, 0.29) is 11.8 Å². The molecule has 0 aromatic carbocycles. The van der Waals surface area contributed by atoms with Gasteiger partial charge in [-0.3, -0.25) is 4.79 Å². The molecule has 22 heavy (non-hydrogen) atoms. The Hall–Kier alpha value is -0.570. The van der Waals surface area contributed by atoms with Gasteiger partial charge in [0.15, 0.2) is 0 Å². The van der Waals surface area contributed by atoms with Gasteiger partial charge in [0, 0.05) is 26.1 Å². The second kappa shape index (κ2) is 15.3. The lowest BCUT2D eigenvalue weighted by molar-refractivity contribution is -0.135. The molecule has 0 saturated heterocycles. The number of hydrogen-bond acceptors (Lipinski definition) is 2. The van der Waals surface area contributed by atoms with Crippen LogP contribution in [0.2, 0.25) is 0 Å². The molecule has 0 N–H and O–H groups in total. The van der Waals surface area contributed by atoms with Crippen molar-refractivity contribution in [3.8, 4) is 0 Å². The van der Waals surface area contributed by atoms with E-state index in [0.29, 0.717) is 6.61 Å². The predicted octanol–water partition coefficient (Wildman–Crippen LogP) is 5.04. The van der Waals surface area contributed by atoms with Gasteiger partial charge in [-0.05, 0) is 6.42 Å². The van der Waals surface area contributed by atoms with E-state index in [4.69, 9.17) is 4.74 Å². The Labute approximate surface area is 138 Å². The van der Waals surface area contributed by atoms with Crippen molar-refractivity contribution in [2.75, 3.05) is 26.8 Å². The zero-order valence-electron chi connectivity index (χ0n) is 15.5. The van der Waals surface area contributed by atoms with Crippen molar-refractivity contribution < 1.29 is 9.53 Å². The van der Waals surface area contributed by atoms with Crippen LogP contribution in [0.5, 0.6) is 0 Å². The van der Waals surface area contributed by atoms with Gasteiger partial charge in [-0.15, -0.1) is 0 Å². The van der Waals surface area contributed by atoms with E-state index < -0.39 is 0 Å². The summed E-state index contributed by atoms with van der Waals surface area (Å²) >= 11 is 0. The van der Waals surface area contributed by atoms with Crippen molar-refractivity contribution in [3.05, 3.63) is 0 Å². The average Bonchev–Trinajstić information content (AvgIpc) is 2.51. The normalized spacial score (nSPS) is 11.1. The molecule has 0 aromatic rings. The lowest BCUT2D eigenvalue weighted by Crippen LogP contribution is -2.37. The zero-order valence-corrected chi connectivity index (χ0v) is 15.5. The third-order valence-corrected chi connectivity index (χ3v) is 4.15. The van der Waals surface area contributed by atoms with Crippen molar-refractivity contribution in [2.24, 2.45) is 5.92 Å². The molecule has 0 radical (unpaired) electrons. The number of unbranched alkanes of at least 4 members (excludes halogenated alkanes) is 9. The SMILES string of the molecule is CCCCCCCCCCCCN(CCOC)C(=O)C(C)C. The average molecular weight is 314 g/mol. The summed E-state index contributed by atoms with van der Waals surface area (Å²) in [6, 6.07) is 0. The summed E-state index contributed by atoms with van der Waals surface area (Å²) in [5.41, 5.74) is 0. The maximum absolute atomic E-state index is 12.1. The van der Waals surface area contributed by atoms with Crippen LogP contribution in [0.15, 0.2) is 0 Å². The lowest BCUT2D eigenvalue weighted by Gasteiger charge is -2.24. The molecule has 0 bridgehead atoms. The highest BCUT2D eigenvalue weighted by Gasteiger charge is 2.15. The molecule has 0 atom stereocenters. The molecule has 0 aromatic heterocycles. The molecule has 0 spiro atoms. The first-order valence-electron chi connectivity index (χ1n) is 9.41. The fourth-order valence-electron chi connectivity index (χ4n) is 2.69. The highest BCUT2D eigenvalue weighted by Crippen LogP contribution is 2.11. The minimum atomic E-state index is 0.0833. The minimum absolute atomic E-state index is 0.0833. The van der Waals surface area contributed by atoms with Crippen molar-refractivity contribution in [1.29, 1.82) is 0 Å². The summed E-state index contributed by atoms with van der Waals surface area (Å²) in [6.07, 6.45) is 13.3. The fourth-order valence-corrected chi connectivity index (χ4v) is 2.69. The smallest absolute Gasteiger partial charge is 0.225 e. The molecule has 0 aliphatic carbocycles. The van der Waals surface area contributed by atoms with Crippen molar-refractivity contribution >= 4 is 5.91 Å². The van der Waals surface area contributed by atoms with Crippen molar-refractivity contribution in [3.63, 3.8) is 0 Å². The van der Waals surface area contributed by atoms with Gasteiger partial charge in [-0.25, -0.2) is 0 Å². The Morgan fingerprint density at radius 3 is 1.82 bits per heavy atom. The number of hydrogen-bond donors (Lipinski definition) is 0. The number of nitrogens with zero attached hydrogens (tertiary/aromatic N) is 1. The van der Waals surface area contributed by atoms with Gasteiger partial charge in [0.05, 0.1) is 6.61 Å². The summed E-state index contributed by atoms with van der Waals surface area (Å²) in [6.45, 7) is 8.46. The molecule has 1 amide bonds. The van der Waals surface area contributed by atoms with Crippen LogP contribution in [0.4, 0.5) is 0 Å². The van der Waals surface area contributed by atoms with E-state index in [1.165, 1.54) is 57.8 Å². The molecular formula is C19H39NO2. The highest BCUT2D eigenvalue weighted by atomic mass is 16.5. The Kier molecular flexibility index (Phi) is 14.9. The van der Waals surface area contributed by atoms with Crippen LogP contribution in [0.25, 0.3) is 0 Å². The van der Waals surface area contributed by atoms with Gasteiger partial charge in [0.1, 0.15) is 0 Å². The van der Waals surface area contributed by atoms with E-state index in [2.05, 4.69) is 6.92 Å². The van der Waals surface area contributed by atoms with E-state index in [1.54, 1.807) is 7.11 Å². The summed E-state index contributed by atoms with van der Waals surface area (Å²) in [7, 11) is 1.69. The first kappa shape index (κ1) is 21.4. The van der Waals surface area contributed by atoms with Crippen LogP contribution in [-0.2, 0) is 9.53 Å². The van der Waals surface area contributed by atoms with Gasteiger partial charge in [-0.2, -0.15) is 0 Å². The standard InChI is InChI=1S/C19H39NO2/c1-5-6-7-8-9-10-11-12-13-14-15-20(16-17-22-4)19(21)18(2)3/h18H,5-17H2,1-4H3. The van der Waals surface area contributed by atoms with Crippen molar-refractivity contribution in [2.45, 2.75) is 85.0 Å². The molecule has 0 saturated carbocycles. The quantitative estimate of drug-likeness (QED) is 0.396. The summed E-state index contributed by atoms with van der Waals surface area (Å²) < 4.78 is 5.11. The number of rotatable bonds is 15. The molecule has 0 aliphatic rings. The van der Waals surface area contributed by atoms with E-state index in [0.717, 1.165) is 19.5 Å². The van der Waals surface area contributed by atoms with E-state index in [9.17, 15) is 4.79 Å². The molecule has 0 heterocycles. The molecule has 0 aliphatic heterocycles. The Bertz CT molecular complexity index is 254. The van der Waals surface area contributed by atoms with Crippen LogP contribution >= 0.6 is 0 Å². The zero-order chi connectivity index (χ0) is 16.6. The third-order valence-electron chi connectivity index (χ3n) is 4.15. The summed E-state index contributed by atoms with van der Waals surface area (Å²) in [4.78, 5) is 14.1. The number of amides is 1. The number of carbonyl (C=O) groups is 1. The molecular weight excluding hydrogens is 274 g/mol. The lowest BCUT2D eigenvalue weighted by atomic mass is 10.1. The van der Waals surface area contributed by atoms with Gasteiger partial charge >= 0.3 is 0 Å². The topological polar surface area (TPSA) is 29.5 Å². The third kappa shape index (κ3) is 12.0. The largest absolute Gasteiger partial charge is 0.383 e. The van der Waals surface area contributed by atoms with Crippen LogP contribution in [0, 0.1) is 5.92 Å². The molecule has 3 heteroatoms. The first-order chi connectivity index (χ1) is 10.6. The Morgan fingerprint density at radius 2 is 1.36 bits per heavy atom. The van der Waals surface area contributed by atoms with Crippen molar-refractivity contribution in [1.82, 2.24) is 4.90 Å². The molecule has 3 nitrogen and oxygen atoms in total. The van der Waals surface area contributed by atoms with E-state index >= 15 is 0 Å². The minimum Gasteiger partial charge on any atom is -0.383 e. The van der Waals surface area contributed by atoms with Crippen LogP contribution in [0.3, 0.4) is 0 Å². The van der Waals surface area contributed by atoms with Crippen LogP contribution in [-0.4, -0.2) is 37.6 Å². The fraction of sp³-hybridized carbons (Fsp3) is 0.947. The molecule has 0 fully saturated rings. The second-order valence-corrected chi connectivity index (χ2v) is 6.65. The number of carbonyl (C=O) groups excluding carboxylic acids is 1. The monoisotopic (exact) mass is 313 g/mol. The van der Waals surface area contributed by atoms with Crippen LogP contribution < -0.4 is 0 Å². The van der Waals surface area contributed by atoms with Crippen LogP contribution in [0.1, 0.15) is 85.0 Å². The summed E-state index contributed by atoms with van der Waals surface area (Å²) in [5.74, 6) is 0.341. The van der Waals surface area contributed by atoms with Gasteiger partial charge in [-0.1, -0.05) is 78.6 Å². The number of methoxy groups -OCH3 is 1. The predicted molar refractivity (Wildman–Crippen MR) is 95.1 cm³/mol. The second-order valence-electron chi connectivity index (χ2n) is 6.65. The molecule has 0 unspecified atom stereocenters. The summed E-state index contributed by atoms with van der Waals surface area (Å²) in [5, 5.41) is 0. The van der Waals surface area contributed by atoms with Gasteiger partial charge < -0.3 is 9.64 Å². The Balaban J connectivity index is 3.61. The van der Waals surface area contributed by atoms with Gasteiger partial charge in [0.2, 0.25) is 5.91 Å². The number of ether oxygens (including phenoxy) is 1. The highest BCUT2D eigenvalue weighted by molar-refractivity contribution is 5.78.